The molecule has 10 nitrogen and oxygen atoms in total. The molecule has 0 aliphatic carbocycles. The number of aliphatic hydroxyl groups excluding tert-OH is 6. The zero-order valence-corrected chi connectivity index (χ0v) is 15.6. The Kier molecular flexibility index (Phi) is 101. The summed E-state index contributed by atoms with van der Waals surface area (Å²) in [6.45, 7) is -0.109. The third-order valence-corrected chi connectivity index (χ3v) is 0.942. The minimum absolute atomic E-state index is 0. The maximum atomic E-state index is 8.09. The number of ether oxygens (including phenoxy) is 2. The van der Waals surface area contributed by atoms with Gasteiger partial charge in [-0.3, -0.25) is 0 Å². The maximum Gasteiger partial charge on any atom is 0.140 e. The van der Waals surface area contributed by atoms with Crippen LogP contribution in [0.25, 0.3) is 0 Å². The molecule has 0 bridgehead atoms. The standard InChI is InChI=1S/2C4H10O3.2CH4O2.2Ti/c2*5-1-3-7-4-2-6;2*2-1-3;;/h2*5-6H,1-4H2;2*2-3H,1H2;;. The Morgan fingerprint density at radius 1 is 0.409 bits per heavy atom. The van der Waals surface area contributed by atoms with Crippen LogP contribution in [0.3, 0.4) is 0 Å². The van der Waals surface area contributed by atoms with Gasteiger partial charge in [0.1, 0.15) is 13.6 Å². The van der Waals surface area contributed by atoms with Crippen LogP contribution in [0.15, 0.2) is 0 Å². The van der Waals surface area contributed by atoms with Crippen molar-refractivity contribution in [1.82, 2.24) is 0 Å². The van der Waals surface area contributed by atoms with Gasteiger partial charge < -0.3 is 50.3 Å². The van der Waals surface area contributed by atoms with Gasteiger partial charge in [-0.05, 0) is 0 Å². The Morgan fingerprint density at radius 2 is 0.545 bits per heavy atom. The topological polar surface area (TPSA) is 180 Å². The van der Waals surface area contributed by atoms with Crippen LogP contribution in [0.4, 0.5) is 0 Å². The minimum Gasteiger partial charge on any atom is -0.394 e. The van der Waals surface area contributed by atoms with E-state index in [-0.39, 0.29) is 69.9 Å². The molecule has 0 unspecified atom stereocenters. The van der Waals surface area contributed by atoms with Crippen LogP contribution in [0.5, 0.6) is 0 Å². The average Bonchev–Trinajstić information content (AvgIpc) is 2.43. The van der Waals surface area contributed by atoms with E-state index in [0.717, 1.165) is 0 Å². The van der Waals surface area contributed by atoms with Gasteiger partial charge in [0.15, 0.2) is 0 Å². The van der Waals surface area contributed by atoms with Crippen LogP contribution >= 0.6 is 0 Å². The molecule has 0 amide bonds. The summed E-state index contributed by atoms with van der Waals surface area (Å²) in [5, 5.41) is 60.8. The van der Waals surface area contributed by atoms with Crippen LogP contribution in [0.1, 0.15) is 0 Å². The zero-order valence-electron chi connectivity index (χ0n) is 12.5. The van der Waals surface area contributed by atoms with Gasteiger partial charge in [-0.25, -0.2) is 0 Å². The molecule has 0 saturated heterocycles. The van der Waals surface area contributed by atoms with E-state index in [1.165, 1.54) is 0 Å². The Bertz CT molecular complexity index is 95.7. The molecule has 22 heavy (non-hydrogen) atoms. The van der Waals surface area contributed by atoms with Crippen molar-refractivity contribution in [1.29, 1.82) is 0 Å². The van der Waals surface area contributed by atoms with Gasteiger partial charge in [0.05, 0.1) is 52.9 Å². The monoisotopic (exact) mass is 404 g/mol. The molecule has 0 saturated carbocycles. The summed E-state index contributed by atoms with van der Waals surface area (Å²) in [7, 11) is 0. The van der Waals surface area contributed by atoms with Gasteiger partial charge in [0.25, 0.3) is 0 Å². The van der Waals surface area contributed by atoms with Crippen molar-refractivity contribution in [2.75, 3.05) is 66.4 Å². The fourth-order valence-electron chi connectivity index (χ4n) is 0.462. The quantitative estimate of drug-likeness (QED) is 0.112. The molecule has 0 heterocycles. The van der Waals surface area contributed by atoms with Gasteiger partial charge in [-0.1, -0.05) is 0 Å². The Morgan fingerprint density at radius 3 is 0.636 bits per heavy atom. The van der Waals surface area contributed by atoms with E-state index in [9.17, 15) is 0 Å². The Labute approximate surface area is 160 Å². The molecule has 0 aliphatic rings. The van der Waals surface area contributed by atoms with Crippen molar-refractivity contribution in [3.8, 4) is 0 Å². The normalized spacial score (nSPS) is 7.64. The van der Waals surface area contributed by atoms with Crippen molar-refractivity contribution in [3.63, 3.8) is 0 Å². The number of aliphatic hydroxyl groups is 8. The number of hydrogen-bond donors (Lipinski definition) is 8. The number of hydrogen-bond acceptors (Lipinski definition) is 10. The minimum atomic E-state index is -0.750. The van der Waals surface area contributed by atoms with Crippen molar-refractivity contribution >= 4 is 0 Å². The van der Waals surface area contributed by atoms with E-state index in [0.29, 0.717) is 26.4 Å². The molecule has 136 valence electrons. The second-order valence-electron chi connectivity index (χ2n) is 2.40. The Hall–Kier alpha value is 1.03. The molecule has 8 N–H and O–H groups in total. The van der Waals surface area contributed by atoms with E-state index < -0.39 is 13.6 Å². The van der Waals surface area contributed by atoms with Crippen LogP contribution in [0, 0.1) is 0 Å². The second kappa shape index (κ2) is 57.4. The molecule has 0 aromatic rings. The molecule has 0 spiro atoms. The molecular formula is C10H28O10Ti2. The van der Waals surface area contributed by atoms with Crippen LogP contribution < -0.4 is 0 Å². The zero-order chi connectivity index (χ0) is 16.5. The van der Waals surface area contributed by atoms with Crippen LogP contribution in [0.2, 0.25) is 0 Å². The SMILES string of the molecule is OCCOCCO.OCCOCCO.OCO.OCO.[Ti].[Ti]. The summed E-state index contributed by atoms with van der Waals surface area (Å²) in [4.78, 5) is 0. The molecule has 0 aromatic carbocycles. The third kappa shape index (κ3) is 103. The van der Waals surface area contributed by atoms with Crippen molar-refractivity contribution in [2.24, 2.45) is 0 Å². The summed E-state index contributed by atoms with van der Waals surface area (Å²) in [5.41, 5.74) is 0. The predicted molar refractivity (Wildman–Crippen MR) is 68.6 cm³/mol. The number of rotatable bonds is 8. The molecule has 0 aromatic heterocycles. The summed E-state index contributed by atoms with van der Waals surface area (Å²) >= 11 is 0. The fourth-order valence-corrected chi connectivity index (χ4v) is 0.462. The maximum absolute atomic E-state index is 8.09. The molecule has 12 heteroatoms. The van der Waals surface area contributed by atoms with Crippen LogP contribution in [-0.4, -0.2) is 107 Å². The summed E-state index contributed by atoms with van der Waals surface area (Å²) in [5.74, 6) is 0. The van der Waals surface area contributed by atoms with Gasteiger partial charge >= 0.3 is 0 Å². The van der Waals surface area contributed by atoms with Gasteiger partial charge in [0, 0.05) is 43.4 Å². The van der Waals surface area contributed by atoms with Crippen molar-refractivity contribution < 1.29 is 93.8 Å². The molecule has 0 radical (unpaired) electrons. The fraction of sp³-hybridized carbons (Fsp3) is 1.00. The Balaban J connectivity index is -0.0000000404. The van der Waals surface area contributed by atoms with Gasteiger partial charge in [-0.15, -0.1) is 0 Å². The first-order valence-electron chi connectivity index (χ1n) is 5.68. The van der Waals surface area contributed by atoms with Crippen molar-refractivity contribution in [2.45, 2.75) is 0 Å². The van der Waals surface area contributed by atoms with E-state index in [1.54, 1.807) is 0 Å². The first-order chi connectivity index (χ1) is 9.66. The van der Waals surface area contributed by atoms with E-state index in [2.05, 4.69) is 9.47 Å². The van der Waals surface area contributed by atoms with E-state index in [4.69, 9.17) is 40.9 Å². The first-order valence-corrected chi connectivity index (χ1v) is 5.68. The largest absolute Gasteiger partial charge is 0.394 e. The van der Waals surface area contributed by atoms with E-state index >= 15 is 0 Å². The predicted octanol–water partition coefficient (Wildman–Crippen LogP) is -4.17. The summed E-state index contributed by atoms with van der Waals surface area (Å²) < 4.78 is 9.26. The van der Waals surface area contributed by atoms with Crippen molar-refractivity contribution in [3.05, 3.63) is 0 Å². The first kappa shape index (κ1) is 38.5. The third-order valence-electron chi connectivity index (χ3n) is 0.942. The van der Waals surface area contributed by atoms with Gasteiger partial charge in [0.2, 0.25) is 0 Å². The smallest absolute Gasteiger partial charge is 0.140 e. The molecular weight excluding hydrogens is 376 g/mol. The summed E-state index contributed by atoms with van der Waals surface area (Å²) in [6, 6.07) is 0. The second-order valence-corrected chi connectivity index (χ2v) is 2.40. The van der Waals surface area contributed by atoms with Crippen LogP contribution in [-0.2, 0) is 52.9 Å². The summed E-state index contributed by atoms with van der Waals surface area (Å²) in [6.07, 6.45) is 0. The van der Waals surface area contributed by atoms with Gasteiger partial charge in [-0.2, -0.15) is 0 Å². The molecule has 0 aliphatic heterocycles. The molecule has 0 rings (SSSR count). The average molecular weight is 404 g/mol. The molecule has 0 atom stereocenters. The van der Waals surface area contributed by atoms with E-state index in [1.807, 2.05) is 0 Å². The molecule has 0 fully saturated rings.